The van der Waals surface area contributed by atoms with E-state index in [1.165, 1.54) is 0 Å². The number of rotatable bonds is 5. The van der Waals surface area contributed by atoms with E-state index in [9.17, 15) is 27.0 Å². The third kappa shape index (κ3) is 3.84. The topological polar surface area (TPSA) is 169 Å². The minimum atomic E-state index is -5.25. The van der Waals surface area contributed by atoms with Crippen LogP contribution in [-0.2, 0) is 20.2 Å². The summed E-state index contributed by atoms with van der Waals surface area (Å²) in [6.45, 7) is 1.41. The van der Waals surface area contributed by atoms with Crippen LogP contribution in [0.5, 0.6) is 0 Å². The Morgan fingerprint density at radius 2 is 1.29 bits per heavy atom. The molecule has 104 valence electrons. The Kier molecular flexibility index (Phi) is 4.67. The average Bonchev–Trinajstić information content (AvgIpc) is 1.98. The molecule has 0 heterocycles. The SMILES string of the molecule is CC(O)C(O)(O)C(C(C)S(=O)(=O)O)S(=O)(=O)O. The zero-order chi connectivity index (χ0) is 14.2. The zero-order valence-corrected chi connectivity index (χ0v) is 10.6. The summed E-state index contributed by atoms with van der Waals surface area (Å²) in [5.41, 5.74) is 0. The molecule has 0 spiro atoms. The fourth-order valence-corrected chi connectivity index (χ4v) is 3.68. The molecule has 17 heavy (non-hydrogen) atoms. The first-order valence-electron chi connectivity index (χ1n) is 4.27. The molecular weight excluding hydrogens is 280 g/mol. The third-order valence-electron chi connectivity index (χ3n) is 2.25. The number of aliphatic hydroxyl groups excluding tert-OH is 1. The van der Waals surface area contributed by atoms with Crippen molar-refractivity contribution >= 4 is 20.2 Å². The van der Waals surface area contributed by atoms with Crippen LogP contribution >= 0.6 is 0 Å². The van der Waals surface area contributed by atoms with E-state index in [1.54, 1.807) is 0 Å². The van der Waals surface area contributed by atoms with E-state index in [-0.39, 0.29) is 0 Å². The molecule has 3 unspecified atom stereocenters. The van der Waals surface area contributed by atoms with Crippen LogP contribution in [-0.4, -0.2) is 63.7 Å². The highest BCUT2D eigenvalue weighted by Crippen LogP contribution is 2.25. The van der Waals surface area contributed by atoms with Crippen molar-refractivity contribution in [1.29, 1.82) is 0 Å². The van der Waals surface area contributed by atoms with Crippen molar-refractivity contribution in [3.05, 3.63) is 0 Å². The summed E-state index contributed by atoms with van der Waals surface area (Å²) in [7, 11) is -10.2. The molecule has 0 bridgehead atoms. The van der Waals surface area contributed by atoms with Gasteiger partial charge >= 0.3 is 0 Å². The van der Waals surface area contributed by atoms with E-state index < -0.39 is 42.6 Å². The Morgan fingerprint density at radius 3 is 1.47 bits per heavy atom. The van der Waals surface area contributed by atoms with Crippen LogP contribution in [0.25, 0.3) is 0 Å². The number of hydrogen-bond acceptors (Lipinski definition) is 7. The van der Waals surface area contributed by atoms with Crippen molar-refractivity contribution in [1.82, 2.24) is 0 Å². The quantitative estimate of drug-likeness (QED) is 0.273. The van der Waals surface area contributed by atoms with Gasteiger partial charge in [0.05, 0.1) is 0 Å². The molecule has 0 saturated carbocycles. The normalized spacial score (nSPS) is 19.7. The molecule has 0 fully saturated rings. The van der Waals surface area contributed by atoms with Crippen molar-refractivity contribution in [3.8, 4) is 0 Å². The van der Waals surface area contributed by atoms with Gasteiger partial charge in [-0.3, -0.25) is 9.11 Å². The zero-order valence-electron chi connectivity index (χ0n) is 8.92. The number of hydrogen-bond donors (Lipinski definition) is 5. The molecular formula is C6H14O9S2. The maximum absolute atomic E-state index is 10.9. The molecule has 0 rings (SSSR count). The van der Waals surface area contributed by atoms with E-state index in [4.69, 9.17) is 14.2 Å². The maximum atomic E-state index is 10.9. The molecule has 0 aromatic heterocycles. The molecule has 0 aromatic carbocycles. The van der Waals surface area contributed by atoms with E-state index in [1.807, 2.05) is 0 Å². The van der Waals surface area contributed by atoms with Crippen LogP contribution in [0.3, 0.4) is 0 Å². The fraction of sp³-hybridized carbons (Fsp3) is 1.00. The predicted molar refractivity (Wildman–Crippen MR) is 55.2 cm³/mol. The van der Waals surface area contributed by atoms with Crippen LogP contribution in [0.2, 0.25) is 0 Å². The minimum Gasteiger partial charge on any atom is -0.388 e. The summed E-state index contributed by atoms with van der Waals surface area (Å²) in [6.07, 6.45) is -2.08. The van der Waals surface area contributed by atoms with E-state index in [2.05, 4.69) is 0 Å². The first-order chi connectivity index (χ1) is 7.22. The van der Waals surface area contributed by atoms with Crippen molar-refractivity contribution in [3.63, 3.8) is 0 Å². The van der Waals surface area contributed by atoms with Gasteiger partial charge in [-0.1, -0.05) is 0 Å². The molecule has 0 aliphatic heterocycles. The van der Waals surface area contributed by atoms with Crippen LogP contribution in [0.1, 0.15) is 13.8 Å². The van der Waals surface area contributed by atoms with E-state index in [0.717, 1.165) is 6.92 Å². The van der Waals surface area contributed by atoms with Crippen molar-refractivity contribution < 1.29 is 41.3 Å². The first kappa shape index (κ1) is 16.7. The highest BCUT2D eigenvalue weighted by Gasteiger charge is 2.53. The summed E-state index contributed by atoms with van der Waals surface area (Å²) < 4.78 is 60.8. The molecule has 0 saturated heterocycles. The molecule has 0 aliphatic rings. The van der Waals surface area contributed by atoms with E-state index >= 15 is 0 Å². The first-order valence-corrected chi connectivity index (χ1v) is 7.28. The molecule has 0 amide bonds. The third-order valence-corrected chi connectivity index (χ3v) is 5.03. The monoisotopic (exact) mass is 294 g/mol. The van der Waals surface area contributed by atoms with E-state index in [0.29, 0.717) is 6.92 Å². The lowest BCUT2D eigenvalue weighted by molar-refractivity contribution is -0.220. The molecule has 9 nitrogen and oxygen atoms in total. The Balaban J connectivity index is 5.81. The lowest BCUT2D eigenvalue weighted by Gasteiger charge is -2.33. The van der Waals surface area contributed by atoms with Crippen LogP contribution in [0.4, 0.5) is 0 Å². The minimum absolute atomic E-state index is 0.636. The summed E-state index contributed by atoms with van der Waals surface area (Å²) in [6, 6.07) is 0. The van der Waals surface area contributed by atoms with Gasteiger partial charge in [-0.25, -0.2) is 0 Å². The van der Waals surface area contributed by atoms with Gasteiger partial charge < -0.3 is 15.3 Å². The molecule has 11 heteroatoms. The largest absolute Gasteiger partial charge is 0.388 e. The Hall–Kier alpha value is -0.300. The molecule has 0 aliphatic carbocycles. The summed E-state index contributed by atoms with van der Waals surface area (Å²) >= 11 is 0. The molecule has 0 radical (unpaired) electrons. The molecule has 3 atom stereocenters. The predicted octanol–water partition coefficient (Wildman–Crippen LogP) is -2.42. The van der Waals surface area contributed by atoms with Crippen LogP contribution < -0.4 is 0 Å². The maximum Gasteiger partial charge on any atom is 0.274 e. The Labute approximate surface area is 98.2 Å². The fourth-order valence-electron chi connectivity index (χ4n) is 1.20. The smallest absolute Gasteiger partial charge is 0.274 e. The average molecular weight is 294 g/mol. The lowest BCUT2D eigenvalue weighted by atomic mass is 10.1. The Bertz CT molecular complexity index is 460. The van der Waals surface area contributed by atoms with Gasteiger partial charge in [0.25, 0.3) is 20.2 Å². The van der Waals surface area contributed by atoms with Crippen LogP contribution in [0.15, 0.2) is 0 Å². The van der Waals surface area contributed by atoms with Gasteiger partial charge in [0.15, 0.2) is 5.25 Å². The van der Waals surface area contributed by atoms with Crippen molar-refractivity contribution in [2.45, 2.75) is 36.2 Å². The van der Waals surface area contributed by atoms with Crippen molar-refractivity contribution in [2.75, 3.05) is 0 Å². The summed E-state index contributed by atoms with van der Waals surface area (Å²) in [4.78, 5) is 0. The van der Waals surface area contributed by atoms with Crippen molar-refractivity contribution in [2.24, 2.45) is 0 Å². The second-order valence-electron chi connectivity index (χ2n) is 3.61. The van der Waals surface area contributed by atoms with Gasteiger partial charge in [-0.05, 0) is 13.8 Å². The number of aliphatic hydroxyl groups is 3. The highest BCUT2D eigenvalue weighted by molar-refractivity contribution is 7.90. The highest BCUT2D eigenvalue weighted by atomic mass is 32.2. The lowest BCUT2D eigenvalue weighted by Crippen LogP contribution is -2.59. The standard InChI is InChI=1S/C6H14O9S2/c1-3(16(10,11)12)5(17(13,14)15)6(8,9)4(2)7/h3-5,7-9H,1-2H3,(H,10,11,12)(H,13,14,15). The van der Waals surface area contributed by atoms with Gasteiger partial charge in [-0.15, -0.1) is 0 Å². The van der Waals surface area contributed by atoms with Gasteiger partial charge in [0.2, 0.25) is 5.79 Å². The summed E-state index contributed by atoms with van der Waals surface area (Å²) in [5.74, 6) is -3.44. The van der Waals surface area contributed by atoms with Gasteiger partial charge in [0.1, 0.15) is 11.4 Å². The molecule has 0 aromatic rings. The van der Waals surface area contributed by atoms with Gasteiger partial charge in [-0.2, -0.15) is 16.8 Å². The Morgan fingerprint density at radius 1 is 0.941 bits per heavy atom. The molecule has 5 N–H and O–H groups in total. The van der Waals surface area contributed by atoms with Gasteiger partial charge in [0, 0.05) is 0 Å². The second-order valence-corrected chi connectivity index (χ2v) is 6.93. The second kappa shape index (κ2) is 4.76. The van der Waals surface area contributed by atoms with Crippen LogP contribution in [0, 0.1) is 0 Å². The summed E-state index contributed by atoms with van der Waals surface area (Å²) in [5, 5.41) is 22.6.